The average molecular weight is 396 g/mol. The molecule has 1 aliphatic rings. The molecule has 1 saturated carbocycles. The number of hydrogen-bond acceptors (Lipinski definition) is 5. The third-order valence-electron chi connectivity index (χ3n) is 5.30. The maximum atomic E-state index is 12.7. The normalized spacial score (nSPS) is 19.7. The molecule has 7 heteroatoms. The lowest BCUT2D eigenvalue weighted by molar-refractivity contribution is 0.0878. The van der Waals surface area contributed by atoms with Crippen molar-refractivity contribution >= 4 is 17.2 Å². The second-order valence-corrected chi connectivity index (χ2v) is 8.30. The molecule has 2 heterocycles. The molecule has 2 unspecified atom stereocenters. The summed E-state index contributed by atoms with van der Waals surface area (Å²) in [6.07, 6.45) is 8.27. The van der Waals surface area contributed by atoms with Crippen LogP contribution in [0.15, 0.2) is 48.1 Å². The van der Waals surface area contributed by atoms with Gasteiger partial charge >= 0.3 is 0 Å². The molecule has 146 valence electrons. The highest BCUT2D eigenvalue weighted by Crippen LogP contribution is 2.25. The molecular formula is C21H25N5OS. The Kier molecular flexibility index (Phi) is 5.54. The highest BCUT2D eigenvalue weighted by atomic mass is 32.1. The van der Waals surface area contributed by atoms with Crippen LogP contribution in [-0.2, 0) is 0 Å². The van der Waals surface area contributed by atoms with Gasteiger partial charge in [-0.15, -0.1) is 11.3 Å². The van der Waals surface area contributed by atoms with Gasteiger partial charge in [0.05, 0.1) is 11.9 Å². The summed E-state index contributed by atoms with van der Waals surface area (Å²) in [5.41, 5.74) is 2.39. The van der Waals surface area contributed by atoms with Gasteiger partial charge < -0.3 is 10.2 Å². The van der Waals surface area contributed by atoms with Crippen molar-refractivity contribution in [1.29, 1.82) is 0 Å². The van der Waals surface area contributed by atoms with Crippen LogP contribution in [0.1, 0.15) is 36.2 Å². The van der Waals surface area contributed by atoms with Crippen LogP contribution in [0.25, 0.3) is 16.3 Å². The van der Waals surface area contributed by atoms with Gasteiger partial charge in [-0.3, -0.25) is 4.79 Å². The van der Waals surface area contributed by atoms with E-state index in [-0.39, 0.29) is 11.9 Å². The van der Waals surface area contributed by atoms with E-state index in [1.165, 1.54) is 17.8 Å². The molecule has 2 atom stereocenters. The van der Waals surface area contributed by atoms with Gasteiger partial charge in [0.25, 0.3) is 5.91 Å². The summed E-state index contributed by atoms with van der Waals surface area (Å²) in [5, 5.41) is 10.3. The Hall–Kier alpha value is -2.51. The van der Waals surface area contributed by atoms with Crippen molar-refractivity contribution in [2.45, 2.75) is 37.8 Å². The minimum atomic E-state index is -0.0864. The average Bonchev–Trinajstić information content (AvgIpc) is 3.38. The molecule has 4 rings (SSSR count). The minimum Gasteiger partial charge on any atom is -0.346 e. The lowest BCUT2D eigenvalue weighted by atomic mass is 9.89. The summed E-state index contributed by atoms with van der Waals surface area (Å²) in [4.78, 5) is 19.5. The van der Waals surface area contributed by atoms with Gasteiger partial charge in [-0.1, -0.05) is 31.0 Å². The molecule has 0 radical (unpaired) electrons. The number of aromatic nitrogens is 3. The van der Waals surface area contributed by atoms with E-state index >= 15 is 0 Å². The van der Waals surface area contributed by atoms with Crippen LogP contribution in [0, 0.1) is 0 Å². The second-order valence-electron chi connectivity index (χ2n) is 7.44. The van der Waals surface area contributed by atoms with E-state index in [0.29, 0.717) is 11.7 Å². The number of carbonyl (C=O) groups is 1. The fraction of sp³-hybridized carbons (Fsp3) is 0.381. The molecule has 0 saturated heterocycles. The Labute approximate surface area is 169 Å². The van der Waals surface area contributed by atoms with Crippen LogP contribution in [0.2, 0.25) is 0 Å². The lowest BCUT2D eigenvalue weighted by Gasteiger charge is -2.36. The summed E-state index contributed by atoms with van der Waals surface area (Å²) in [6, 6.07) is 10.5. The van der Waals surface area contributed by atoms with Crippen LogP contribution in [0.4, 0.5) is 0 Å². The number of amides is 1. The molecule has 0 aliphatic heterocycles. The predicted molar refractivity (Wildman–Crippen MR) is 112 cm³/mol. The Morgan fingerprint density at radius 3 is 2.79 bits per heavy atom. The van der Waals surface area contributed by atoms with Crippen molar-refractivity contribution in [2.24, 2.45) is 0 Å². The monoisotopic (exact) mass is 395 g/mol. The Balaban J connectivity index is 1.47. The number of carbonyl (C=O) groups excluding carboxylic acids is 1. The fourth-order valence-corrected chi connectivity index (χ4v) is 4.58. The maximum Gasteiger partial charge on any atom is 0.271 e. The molecule has 1 aliphatic carbocycles. The highest BCUT2D eigenvalue weighted by Gasteiger charge is 2.28. The maximum absolute atomic E-state index is 12.7. The quantitative estimate of drug-likeness (QED) is 0.717. The smallest absolute Gasteiger partial charge is 0.271 e. The molecule has 1 aromatic carbocycles. The summed E-state index contributed by atoms with van der Waals surface area (Å²) >= 11 is 1.47. The van der Waals surface area contributed by atoms with Crippen LogP contribution in [0.3, 0.4) is 0 Å². The molecule has 1 N–H and O–H groups in total. The van der Waals surface area contributed by atoms with E-state index in [9.17, 15) is 4.79 Å². The number of nitrogens with zero attached hydrogens (tertiary/aromatic N) is 4. The highest BCUT2D eigenvalue weighted by molar-refractivity contribution is 7.13. The number of thiazole rings is 1. The molecule has 3 aromatic rings. The number of hydrogen-bond donors (Lipinski definition) is 1. The van der Waals surface area contributed by atoms with Gasteiger partial charge in [-0.05, 0) is 39.1 Å². The first kappa shape index (κ1) is 18.8. The molecule has 6 nitrogen and oxygen atoms in total. The van der Waals surface area contributed by atoms with Crippen LogP contribution < -0.4 is 5.32 Å². The number of nitrogens with one attached hydrogen (secondary N) is 1. The largest absolute Gasteiger partial charge is 0.346 e. The number of para-hydroxylation sites is 1. The van der Waals surface area contributed by atoms with Gasteiger partial charge in [0, 0.05) is 29.2 Å². The minimum absolute atomic E-state index is 0.0864. The lowest BCUT2D eigenvalue weighted by Crippen LogP contribution is -2.51. The molecule has 0 spiro atoms. The van der Waals surface area contributed by atoms with E-state index in [1.807, 2.05) is 46.6 Å². The van der Waals surface area contributed by atoms with Crippen molar-refractivity contribution in [3.8, 4) is 16.3 Å². The topological polar surface area (TPSA) is 63.1 Å². The zero-order chi connectivity index (χ0) is 19.5. The van der Waals surface area contributed by atoms with E-state index in [4.69, 9.17) is 0 Å². The molecular weight excluding hydrogens is 370 g/mol. The van der Waals surface area contributed by atoms with Gasteiger partial charge in [-0.25, -0.2) is 9.67 Å². The van der Waals surface area contributed by atoms with Crippen molar-refractivity contribution in [3.63, 3.8) is 0 Å². The van der Waals surface area contributed by atoms with Gasteiger partial charge in [0.1, 0.15) is 10.7 Å². The zero-order valence-electron chi connectivity index (χ0n) is 16.2. The Morgan fingerprint density at radius 2 is 2.00 bits per heavy atom. The molecule has 1 amide bonds. The summed E-state index contributed by atoms with van der Waals surface area (Å²) in [7, 11) is 4.17. The summed E-state index contributed by atoms with van der Waals surface area (Å²) in [5.74, 6) is -0.0864. The fourth-order valence-electron chi connectivity index (χ4n) is 3.81. The van der Waals surface area contributed by atoms with Crippen molar-refractivity contribution < 1.29 is 4.79 Å². The van der Waals surface area contributed by atoms with E-state index in [1.54, 1.807) is 6.20 Å². The summed E-state index contributed by atoms with van der Waals surface area (Å²) in [6.45, 7) is 0. The third-order valence-corrected chi connectivity index (χ3v) is 6.19. The number of benzene rings is 1. The van der Waals surface area contributed by atoms with Crippen molar-refractivity contribution in [2.75, 3.05) is 14.1 Å². The van der Waals surface area contributed by atoms with Crippen molar-refractivity contribution in [1.82, 2.24) is 25.0 Å². The van der Waals surface area contributed by atoms with E-state index < -0.39 is 0 Å². The van der Waals surface area contributed by atoms with Gasteiger partial charge in [-0.2, -0.15) is 5.10 Å². The van der Waals surface area contributed by atoms with Gasteiger partial charge in [0.2, 0.25) is 0 Å². The van der Waals surface area contributed by atoms with Crippen LogP contribution in [-0.4, -0.2) is 51.8 Å². The molecule has 28 heavy (non-hydrogen) atoms. The van der Waals surface area contributed by atoms with Crippen molar-refractivity contribution in [3.05, 3.63) is 53.8 Å². The molecule has 2 aromatic heterocycles. The van der Waals surface area contributed by atoms with E-state index in [0.717, 1.165) is 35.5 Å². The standard InChI is InChI=1S/C21H25N5OS/c1-25(2)19-11-7-6-10-17(19)23-20(27)18-14-28-21(24-18)15-12-22-26(13-15)16-8-4-3-5-9-16/h3-5,8-9,12-14,17,19H,6-7,10-11H2,1-2H3,(H,23,27). The first-order valence-corrected chi connectivity index (χ1v) is 10.5. The number of rotatable bonds is 5. The predicted octanol–water partition coefficient (Wildman–Crippen LogP) is 3.60. The summed E-state index contributed by atoms with van der Waals surface area (Å²) < 4.78 is 1.82. The second kappa shape index (κ2) is 8.24. The molecule has 1 fully saturated rings. The van der Waals surface area contributed by atoms with Gasteiger partial charge in [0.15, 0.2) is 0 Å². The Morgan fingerprint density at radius 1 is 1.21 bits per heavy atom. The van der Waals surface area contributed by atoms with Crippen LogP contribution in [0.5, 0.6) is 0 Å². The molecule has 0 bridgehead atoms. The third kappa shape index (κ3) is 4.00. The first-order chi connectivity index (χ1) is 13.6. The first-order valence-electron chi connectivity index (χ1n) is 9.65. The van der Waals surface area contributed by atoms with Crippen LogP contribution >= 0.6 is 11.3 Å². The number of likely N-dealkylation sites (N-methyl/N-ethyl adjacent to an activating group) is 1. The zero-order valence-corrected chi connectivity index (χ0v) is 17.0. The SMILES string of the molecule is CN(C)C1CCCCC1NC(=O)c1csc(-c2cnn(-c3ccccc3)c2)n1. The Bertz CT molecular complexity index is 933. The van der Waals surface area contributed by atoms with E-state index in [2.05, 4.69) is 34.4 Å².